The summed E-state index contributed by atoms with van der Waals surface area (Å²) in [5.74, 6) is -0.203. The van der Waals surface area contributed by atoms with E-state index in [2.05, 4.69) is 72.2 Å². The molecule has 1 fully saturated rings. The summed E-state index contributed by atoms with van der Waals surface area (Å²) >= 11 is 5.75. The second-order valence-electron chi connectivity index (χ2n) is 9.32. The Hall–Kier alpha value is -2.93. The fourth-order valence-corrected chi connectivity index (χ4v) is 5.20. The SMILES string of the molecule is COC(=O)CCCN1C(=S)N[C@@H](c2ccccn2)[C@@H]1c1ccc2c(c1)C(C)=CC(C)(C)N2C. The Morgan fingerprint density at radius 3 is 2.76 bits per heavy atom. The third-order valence-corrected chi connectivity index (χ3v) is 7.14. The quantitative estimate of drug-likeness (QED) is 0.494. The summed E-state index contributed by atoms with van der Waals surface area (Å²) < 4.78 is 4.82. The van der Waals surface area contributed by atoms with Crippen LogP contribution in [0.3, 0.4) is 0 Å². The molecule has 1 aromatic carbocycles. The van der Waals surface area contributed by atoms with Gasteiger partial charge in [0.2, 0.25) is 0 Å². The van der Waals surface area contributed by atoms with E-state index in [0.29, 0.717) is 24.5 Å². The fourth-order valence-electron chi connectivity index (χ4n) is 4.87. The highest BCUT2D eigenvalue weighted by Crippen LogP contribution is 2.43. The maximum Gasteiger partial charge on any atom is 0.305 e. The molecule has 2 atom stereocenters. The van der Waals surface area contributed by atoms with E-state index < -0.39 is 0 Å². The summed E-state index contributed by atoms with van der Waals surface area (Å²) in [7, 11) is 3.56. The smallest absolute Gasteiger partial charge is 0.305 e. The van der Waals surface area contributed by atoms with Gasteiger partial charge in [0.15, 0.2) is 5.11 Å². The van der Waals surface area contributed by atoms with Crippen molar-refractivity contribution >= 4 is 34.6 Å². The van der Waals surface area contributed by atoms with E-state index in [0.717, 1.165) is 5.69 Å². The first-order chi connectivity index (χ1) is 15.7. The van der Waals surface area contributed by atoms with Crippen molar-refractivity contribution in [1.82, 2.24) is 15.2 Å². The molecule has 0 bridgehead atoms. The van der Waals surface area contributed by atoms with Gasteiger partial charge in [0, 0.05) is 37.5 Å². The van der Waals surface area contributed by atoms with Crippen LogP contribution in [-0.4, -0.2) is 47.2 Å². The first-order valence-electron chi connectivity index (χ1n) is 11.4. The topological polar surface area (TPSA) is 57.7 Å². The monoisotopic (exact) mass is 464 g/mol. The normalized spacial score (nSPS) is 21.4. The Kier molecular flexibility index (Phi) is 6.43. The number of nitrogens with one attached hydrogen (secondary N) is 1. The summed E-state index contributed by atoms with van der Waals surface area (Å²) in [5, 5.41) is 4.17. The number of ether oxygens (including phenoxy) is 1. The molecular formula is C26H32N4O2S. The van der Waals surface area contributed by atoms with E-state index >= 15 is 0 Å². The van der Waals surface area contributed by atoms with Crippen LogP contribution in [0.2, 0.25) is 0 Å². The van der Waals surface area contributed by atoms with Crippen molar-refractivity contribution in [3.05, 3.63) is 65.5 Å². The number of methoxy groups -OCH3 is 1. The van der Waals surface area contributed by atoms with Crippen molar-refractivity contribution in [2.45, 2.75) is 51.2 Å². The number of benzene rings is 1. The lowest BCUT2D eigenvalue weighted by Crippen LogP contribution is -2.42. The number of thiocarbonyl (C=S) groups is 1. The highest BCUT2D eigenvalue weighted by Gasteiger charge is 2.40. The molecule has 2 aliphatic heterocycles. The van der Waals surface area contributed by atoms with Crippen molar-refractivity contribution in [3.8, 4) is 0 Å². The van der Waals surface area contributed by atoms with E-state index in [9.17, 15) is 4.79 Å². The molecule has 2 aromatic rings. The molecule has 0 aliphatic carbocycles. The Labute approximate surface area is 201 Å². The number of allylic oxidation sites excluding steroid dienone is 1. The maximum atomic E-state index is 11.7. The van der Waals surface area contributed by atoms with Gasteiger partial charge in [-0.25, -0.2) is 0 Å². The van der Waals surface area contributed by atoms with E-state index in [4.69, 9.17) is 17.0 Å². The molecule has 6 nitrogen and oxygen atoms in total. The molecule has 2 aliphatic rings. The summed E-state index contributed by atoms with van der Waals surface area (Å²) in [6, 6.07) is 12.6. The van der Waals surface area contributed by atoms with Crippen LogP contribution < -0.4 is 10.2 Å². The predicted molar refractivity (Wildman–Crippen MR) is 136 cm³/mol. The number of esters is 1. The molecule has 0 unspecified atom stereocenters. The number of pyridine rings is 1. The van der Waals surface area contributed by atoms with Gasteiger partial charge < -0.3 is 19.9 Å². The largest absolute Gasteiger partial charge is 0.469 e. The third-order valence-electron chi connectivity index (χ3n) is 6.79. The minimum absolute atomic E-state index is 0.0246. The van der Waals surface area contributed by atoms with Gasteiger partial charge in [-0.2, -0.15) is 0 Å². The number of likely N-dealkylation sites (N-methyl/N-ethyl adjacent to an activating group) is 1. The molecule has 0 amide bonds. The zero-order valence-corrected chi connectivity index (χ0v) is 20.8. The summed E-state index contributed by atoms with van der Waals surface area (Å²) in [5.41, 5.74) is 5.82. The summed E-state index contributed by atoms with van der Waals surface area (Å²) in [6.07, 6.45) is 5.16. The van der Waals surface area contributed by atoms with Crippen LogP contribution in [0.25, 0.3) is 5.57 Å². The van der Waals surface area contributed by atoms with Crippen LogP contribution in [0, 0.1) is 0 Å². The van der Waals surface area contributed by atoms with Gasteiger partial charge in [0.25, 0.3) is 0 Å². The lowest BCUT2D eigenvalue weighted by Gasteiger charge is -2.41. The molecule has 1 saturated heterocycles. The minimum atomic E-state index is -0.203. The zero-order valence-electron chi connectivity index (χ0n) is 20.0. The molecule has 1 N–H and O–H groups in total. The Bertz CT molecular complexity index is 1080. The van der Waals surface area contributed by atoms with E-state index in [1.165, 1.54) is 29.5 Å². The van der Waals surface area contributed by atoms with Crippen molar-refractivity contribution in [2.75, 3.05) is 25.6 Å². The molecule has 0 saturated carbocycles. The lowest BCUT2D eigenvalue weighted by atomic mass is 9.86. The van der Waals surface area contributed by atoms with Crippen LogP contribution in [0.4, 0.5) is 5.69 Å². The average molecular weight is 465 g/mol. The molecule has 3 heterocycles. The number of anilines is 1. The van der Waals surface area contributed by atoms with Crippen molar-refractivity contribution in [2.24, 2.45) is 0 Å². The average Bonchev–Trinajstić information content (AvgIpc) is 3.13. The Balaban J connectivity index is 1.72. The number of fused-ring (bicyclic) bond motifs is 1. The number of hydrogen-bond donors (Lipinski definition) is 1. The molecule has 7 heteroatoms. The van der Waals surface area contributed by atoms with Crippen molar-refractivity contribution in [1.29, 1.82) is 0 Å². The molecule has 0 radical (unpaired) electrons. The van der Waals surface area contributed by atoms with Gasteiger partial charge in [-0.05, 0) is 74.8 Å². The van der Waals surface area contributed by atoms with Crippen LogP contribution in [0.5, 0.6) is 0 Å². The highest BCUT2D eigenvalue weighted by atomic mass is 32.1. The first kappa shape index (κ1) is 23.2. The molecule has 4 rings (SSSR count). The Morgan fingerprint density at radius 2 is 2.06 bits per heavy atom. The fraction of sp³-hybridized carbons (Fsp3) is 0.423. The number of aromatic nitrogens is 1. The molecule has 1 aromatic heterocycles. The van der Waals surface area contributed by atoms with Gasteiger partial charge in [0.1, 0.15) is 0 Å². The summed E-state index contributed by atoms with van der Waals surface area (Å²) in [4.78, 5) is 20.8. The van der Waals surface area contributed by atoms with Crippen LogP contribution in [0.1, 0.15) is 62.5 Å². The Morgan fingerprint density at radius 1 is 1.27 bits per heavy atom. The second-order valence-corrected chi connectivity index (χ2v) is 9.70. The van der Waals surface area contributed by atoms with Crippen LogP contribution in [0.15, 0.2) is 48.7 Å². The maximum absolute atomic E-state index is 11.7. The minimum Gasteiger partial charge on any atom is -0.469 e. The van der Waals surface area contributed by atoms with Crippen molar-refractivity contribution in [3.63, 3.8) is 0 Å². The number of rotatable bonds is 6. The zero-order chi connectivity index (χ0) is 23.8. The second kappa shape index (κ2) is 9.14. The molecule has 33 heavy (non-hydrogen) atoms. The molecule has 0 spiro atoms. The predicted octanol–water partition coefficient (Wildman–Crippen LogP) is 4.64. The van der Waals surface area contributed by atoms with Gasteiger partial charge in [-0.1, -0.05) is 18.2 Å². The lowest BCUT2D eigenvalue weighted by molar-refractivity contribution is -0.140. The van der Waals surface area contributed by atoms with Crippen LogP contribution >= 0.6 is 12.2 Å². The van der Waals surface area contributed by atoms with E-state index in [1.807, 2.05) is 24.4 Å². The number of carbonyl (C=O) groups is 1. The summed E-state index contributed by atoms with van der Waals surface area (Å²) in [6.45, 7) is 7.30. The first-order valence-corrected chi connectivity index (χ1v) is 11.8. The highest BCUT2D eigenvalue weighted by molar-refractivity contribution is 7.80. The number of hydrogen-bond acceptors (Lipinski definition) is 5. The molecule has 174 valence electrons. The van der Waals surface area contributed by atoms with Gasteiger partial charge in [-0.3, -0.25) is 9.78 Å². The number of nitrogens with zero attached hydrogens (tertiary/aromatic N) is 3. The van der Waals surface area contributed by atoms with E-state index in [-0.39, 0.29) is 23.6 Å². The number of carbonyl (C=O) groups excluding carboxylic acids is 1. The third kappa shape index (κ3) is 4.47. The van der Waals surface area contributed by atoms with Gasteiger partial charge >= 0.3 is 5.97 Å². The van der Waals surface area contributed by atoms with Gasteiger partial charge in [0.05, 0.1) is 30.4 Å². The van der Waals surface area contributed by atoms with E-state index in [1.54, 1.807) is 0 Å². The van der Waals surface area contributed by atoms with Gasteiger partial charge in [-0.15, -0.1) is 0 Å². The van der Waals surface area contributed by atoms with Crippen LogP contribution in [-0.2, 0) is 9.53 Å². The standard InChI is InChI=1S/C26H32N4O2S/c1-17-16-26(2,3)29(4)21-12-11-18(15-19(17)21)24-23(20-9-6-7-13-27-20)28-25(33)30(24)14-8-10-22(31)32-5/h6-7,9,11-13,15-16,23-24H,8,10,14H2,1-5H3,(H,28,33)/t23-,24-/m0/s1. The molecular weight excluding hydrogens is 432 g/mol. The van der Waals surface area contributed by atoms with Crippen molar-refractivity contribution < 1.29 is 9.53 Å².